The first-order chi connectivity index (χ1) is 13.0. The van der Waals surface area contributed by atoms with Crippen molar-refractivity contribution in [2.24, 2.45) is 0 Å². The molecule has 138 valence electrons. The third-order valence-corrected chi connectivity index (χ3v) is 4.69. The quantitative estimate of drug-likeness (QED) is 0.620. The van der Waals surface area contributed by atoms with E-state index in [1.165, 1.54) is 18.7 Å². The molecule has 3 rings (SSSR count). The second-order valence-electron chi connectivity index (χ2n) is 5.66. The fraction of sp³-hybridized carbons (Fsp3) is 0.105. The SMILES string of the molecule is CSc1nccn1-c1cccc(C(=O)Nc2ccc(NC(C)=O)cc2Cl)c1. The van der Waals surface area contributed by atoms with E-state index in [9.17, 15) is 9.59 Å². The molecule has 2 N–H and O–H groups in total. The van der Waals surface area contributed by atoms with Gasteiger partial charge in [-0.3, -0.25) is 14.2 Å². The van der Waals surface area contributed by atoms with Crippen LogP contribution in [0.5, 0.6) is 0 Å². The minimum atomic E-state index is -0.281. The minimum absolute atomic E-state index is 0.191. The number of nitrogens with one attached hydrogen (secondary N) is 2. The van der Waals surface area contributed by atoms with Crippen molar-refractivity contribution in [1.29, 1.82) is 0 Å². The second kappa shape index (κ2) is 8.28. The number of thioether (sulfide) groups is 1. The molecule has 0 atom stereocenters. The summed E-state index contributed by atoms with van der Waals surface area (Å²) in [5.74, 6) is -0.472. The maximum atomic E-state index is 12.6. The molecule has 2 amide bonds. The van der Waals surface area contributed by atoms with Crippen molar-refractivity contribution in [1.82, 2.24) is 9.55 Å². The van der Waals surface area contributed by atoms with Crippen molar-refractivity contribution in [2.45, 2.75) is 12.1 Å². The van der Waals surface area contributed by atoms with Crippen LogP contribution >= 0.6 is 23.4 Å². The standard InChI is InChI=1S/C19H17ClN4O2S/c1-12(25)22-14-6-7-17(16(20)11-14)23-18(26)13-4-3-5-15(10-13)24-9-8-21-19(24)27-2/h3-11H,1-2H3,(H,22,25)(H,23,26). The molecule has 6 nitrogen and oxygen atoms in total. The van der Waals surface area contributed by atoms with E-state index in [2.05, 4.69) is 15.6 Å². The number of amides is 2. The van der Waals surface area contributed by atoms with Gasteiger partial charge in [0.2, 0.25) is 5.91 Å². The summed E-state index contributed by atoms with van der Waals surface area (Å²) < 4.78 is 1.91. The van der Waals surface area contributed by atoms with E-state index in [1.807, 2.05) is 29.2 Å². The number of nitrogens with zero attached hydrogens (tertiary/aromatic N) is 2. The zero-order chi connectivity index (χ0) is 19.4. The van der Waals surface area contributed by atoms with E-state index in [4.69, 9.17) is 11.6 Å². The van der Waals surface area contributed by atoms with Crippen molar-refractivity contribution in [3.8, 4) is 5.69 Å². The van der Waals surface area contributed by atoms with Gasteiger partial charge in [-0.15, -0.1) is 0 Å². The van der Waals surface area contributed by atoms with E-state index in [-0.39, 0.29) is 11.8 Å². The smallest absolute Gasteiger partial charge is 0.255 e. The molecular weight excluding hydrogens is 384 g/mol. The minimum Gasteiger partial charge on any atom is -0.326 e. The van der Waals surface area contributed by atoms with Gasteiger partial charge in [0.25, 0.3) is 5.91 Å². The van der Waals surface area contributed by atoms with Crippen molar-refractivity contribution in [2.75, 3.05) is 16.9 Å². The maximum absolute atomic E-state index is 12.6. The van der Waals surface area contributed by atoms with Gasteiger partial charge in [-0.25, -0.2) is 4.98 Å². The Labute approximate surface area is 165 Å². The molecule has 1 aromatic heterocycles. The van der Waals surface area contributed by atoms with Gasteiger partial charge in [-0.1, -0.05) is 29.4 Å². The highest BCUT2D eigenvalue weighted by molar-refractivity contribution is 7.98. The lowest BCUT2D eigenvalue weighted by Crippen LogP contribution is -2.13. The van der Waals surface area contributed by atoms with Gasteiger partial charge in [-0.2, -0.15) is 0 Å². The van der Waals surface area contributed by atoms with Crippen LogP contribution in [0.15, 0.2) is 60.0 Å². The first-order valence-corrected chi connectivity index (χ1v) is 9.64. The average molecular weight is 401 g/mol. The summed E-state index contributed by atoms with van der Waals surface area (Å²) in [7, 11) is 0. The molecule has 0 saturated carbocycles. The van der Waals surface area contributed by atoms with E-state index in [0.29, 0.717) is 22.0 Å². The summed E-state index contributed by atoms with van der Waals surface area (Å²) >= 11 is 7.74. The molecule has 0 radical (unpaired) electrons. The largest absolute Gasteiger partial charge is 0.326 e. The molecule has 27 heavy (non-hydrogen) atoms. The molecule has 0 unspecified atom stereocenters. The van der Waals surface area contributed by atoms with Gasteiger partial charge >= 0.3 is 0 Å². The number of anilines is 2. The Balaban J connectivity index is 1.81. The van der Waals surface area contributed by atoms with Gasteiger partial charge in [0.05, 0.1) is 10.7 Å². The zero-order valence-electron chi connectivity index (χ0n) is 14.7. The first-order valence-electron chi connectivity index (χ1n) is 8.04. The van der Waals surface area contributed by atoms with Gasteiger partial charge in [0.15, 0.2) is 5.16 Å². The number of carbonyl (C=O) groups is 2. The average Bonchev–Trinajstić information content (AvgIpc) is 3.12. The third kappa shape index (κ3) is 4.50. The van der Waals surface area contributed by atoms with E-state index < -0.39 is 0 Å². The van der Waals surface area contributed by atoms with Gasteiger partial charge < -0.3 is 10.6 Å². The molecule has 3 aromatic rings. The number of imidazole rings is 1. The Kier molecular flexibility index (Phi) is 5.83. The topological polar surface area (TPSA) is 76.0 Å². The molecule has 0 aliphatic rings. The number of rotatable bonds is 5. The van der Waals surface area contributed by atoms with Gasteiger partial charge in [0.1, 0.15) is 0 Å². The molecule has 0 saturated heterocycles. The molecule has 1 heterocycles. The Morgan fingerprint density at radius 1 is 1.15 bits per heavy atom. The maximum Gasteiger partial charge on any atom is 0.255 e. The third-order valence-electron chi connectivity index (χ3n) is 3.71. The van der Waals surface area contributed by atoms with Crippen LogP contribution in [0.1, 0.15) is 17.3 Å². The molecule has 2 aromatic carbocycles. The number of hydrogen-bond acceptors (Lipinski definition) is 4. The number of aromatic nitrogens is 2. The van der Waals surface area contributed by atoms with E-state index in [0.717, 1.165) is 10.8 Å². The Hall–Kier alpha value is -2.77. The van der Waals surface area contributed by atoms with E-state index >= 15 is 0 Å². The molecule has 0 fully saturated rings. The van der Waals surface area contributed by atoms with E-state index in [1.54, 1.807) is 36.5 Å². The summed E-state index contributed by atoms with van der Waals surface area (Å²) in [5, 5.41) is 6.61. The van der Waals surface area contributed by atoms with Crippen LogP contribution in [-0.4, -0.2) is 27.6 Å². The fourth-order valence-corrected chi connectivity index (χ4v) is 3.28. The van der Waals surface area contributed by atoms with Crippen molar-refractivity contribution in [3.05, 3.63) is 65.4 Å². The van der Waals surface area contributed by atoms with Gasteiger partial charge in [-0.05, 0) is 42.7 Å². The zero-order valence-corrected chi connectivity index (χ0v) is 16.3. The van der Waals surface area contributed by atoms with Gasteiger partial charge in [0, 0.05) is 36.3 Å². The summed E-state index contributed by atoms with van der Waals surface area (Å²) in [6.45, 7) is 1.42. The second-order valence-corrected chi connectivity index (χ2v) is 6.84. The first kappa shape index (κ1) is 19.0. The summed E-state index contributed by atoms with van der Waals surface area (Å²) in [4.78, 5) is 28.0. The molecular formula is C19H17ClN4O2S. The molecule has 0 spiro atoms. The van der Waals surface area contributed by atoms with Crippen molar-refractivity contribution < 1.29 is 9.59 Å². The highest BCUT2D eigenvalue weighted by atomic mass is 35.5. The van der Waals surface area contributed by atoms with Crippen LogP contribution in [0.4, 0.5) is 11.4 Å². The fourth-order valence-electron chi connectivity index (χ4n) is 2.53. The lowest BCUT2D eigenvalue weighted by Gasteiger charge is -2.11. The van der Waals surface area contributed by atoms with Crippen LogP contribution in [0.3, 0.4) is 0 Å². The lowest BCUT2D eigenvalue weighted by atomic mass is 10.1. The van der Waals surface area contributed by atoms with Crippen LogP contribution < -0.4 is 10.6 Å². The predicted molar refractivity (Wildman–Crippen MR) is 109 cm³/mol. The summed E-state index contributed by atoms with van der Waals surface area (Å²) in [6, 6.07) is 12.2. The Morgan fingerprint density at radius 2 is 1.96 bits per heavy atom. The number of carbonyl (C=O) groups excluding carboxylic acids is 2. The number of benzene rings is 2. The van der Waals surface area contributed by atoms with Crippen molar-refractivity contribution in [3.63, 3.8) is 0 Å². The molecule has 0 aliphatic carbocycles. The Morgan fingerprint density at radius 3 is 2.67 bits per heavy atom. The highest BCUT2D eigenvalue weighted by Crippen LogP contribution is 2.26. The molecule has 0 aliphatic heterocycles. The summed E-state index contributed by atoms with van der Waals surface area (Å²) in [6.07, 6.45) is 5.51. The normalized spacial score (nSPS) is 10.5. The van der Waals surface area contributed by atoms with Crippen LogP contribution in [0.2, 0.25) is 5.02 Å². The predicted octanol–water partition coefficient (Wildman–Crippen LogP) is 4.46. The molecule has 8 heteroatoms. The Bertz CT molecular complexity index is 1000. The monoisotopic (exact) mass is 400 g/mol. The van der Waals surface area contributed by atoms with Crippen LogP contribution in [0, 0.1) is 0 Å². The highest BCUT2D eigenvalue weighted by Gasteiger charge is 2.11. The van der Waals surface area contributed by atoms with Crippen LogP contribution in [-0.2, 0) is 4.79 Å². The van der Waals surface area contributed by atoms with Crippen LogP contribution in [0.25, 0.3) is 5.69 Å². The van der Waals surface area contributed by atoms with Crippen molar-refractivity contribution >= 4 is 46.6 Å². The summed E-state index contributed by atoms with van der Waals surface area (Å²) in [5.41, 5.74) is 2.37. The molecule has 0 bridgehead atoms. The number of halogens is 1. The lowest BCUT2D eigenvalue weighted by molar-refractivity contribution is -0.114. The number of hydrogen-bond donors (Lipinski definition) is 2.